The average molecular weight is 349 g/mol. The van der Waals surface area contributed by atoms with Crippen molar-refractivity contribution >= 4 is 38.9 Å². The summed E-state index contributed by atoms with van der Waals surface area (Å²) >= 11 is 3.44. The monoisotopic (exact) mass is 348 g/mol. The van der Waals surface area contributed by atoms with Crippen LogP contribution in [0.5, 0.6) is 5.75 Å². The van der Waals surface area contributed by atoms with E-state index in [1.54, 1.807) is 19.5 Å². The van der Waals surface area contributed by atoms with Crippen molar-refractivity contribution in [2.24, 2.45) is 5.84 Å². The van der Waals surface area contributed by atoms with Crippen LogP contribution in [-0.2, 0) is 0 Å². The number of nitrogens with zero attached hydrogens (tertiary/aromatic N) is 3. The number of hydrazine groups is 1. The van der Waals surface area contributed by atoms with Gasteiger partial charge in [-0.2, -0.15) is 0 Å². The van der Waals surface area contributed by atoms with Crippen LogP contribution in [0.4, 0.5) is 17.3 Å². The minimum atomic E-state index is 0.532. The molecule has 1 aromatic carbocycles. The second-order valence-corrected chi connectivity index (χ2v) is 5.20. The van der Waals surface area contributed by atoms with Crippen molar-refractivity contribution in [2.75, 3.05) is 17.9 Å². The van der Waals surface area contributed by atoms with E-state index in [2.05, 4.69) is 36.6 Å². The molecule has 3 rings (SSSR count). The van der Waals surface area contributed by atoms with Crippen LogP contribution in [0, 0.1) is 0 Å². The van der Waals surface area contributed by atoms with Gasteiger partial charge in [-0.3, -0.25) is 0 Å². The number of imidazole rings is 1. The number of rotatable bonds is 4. The van der Waals surface area contributed by atoms with Gasteiger partial charge in [0, 0.05) is 28.6 Å². The number of ether oxygens (including phenoxy) is 1. The van der Waals surface area contributed by atoms with E-state index in [4.69, 9.17) is 10.6 Å². The lowest BCUT2D eigenvalue weighted by Crippen LogP contribution is -2.11. The van der Waals surface area contributed by atoms with Crippen LogP contribution in [0.1, 0.15) is 0 Å². The van der Waals surface area contributed by atoms with Crippen LogP contribution in [0.15, 0.2) is 41.3 Å². The summed E-state index contributed by atoms with van der Waals surface area (Å²) in [7, 11) is 1.62. The molecule has 0 atom stereocenters. The number of hydrogen-bond acceptors (Lipinski definition) is 6. The fourth-order valence-corrected chi connectivity index (χ4v) is 2.45. The average Bonchev–Trinajstić information content (AvgIpc) is 2.95. The van der Waals surface area contributed by atoms with E-state index in [1.165, 1.54) is 0 Å². The lowest BCUT2D eigenvalue weighted by atomic mass is 10.3. The Labute approximate surface area is 129 Å². The smallest absolute Gasteiger partial charge is 0.180 e. The molecule has 2 aromatic heterocycles. The number of halogens is 1. The lowest BCUT2D eigenvalue weighted by molar-refractivity contribution is 0.415. The number of nitrogens with one attached hydrogen (secondary N) is 2. The van der Waals surface area contributed by atoms with E-state index in [9.17, 15) is 0 Å². The summed E-state index contributed by atoms with van der Waals surface area (Å²) in [6.45, 7) is 0. The first-order valence-electron chi connectivity index (χ1n) is 6.11. The predicted molar refractivity (Wildman–Crippen MR) is 84.8 cm³/mol. The SMILES string of the molecule is COc1cc(Br)cc(Nc2nc(NN)cn3ccnc23)c1. The summed E-state index contributed by atoms with van der Waals surface area (Å²) in [5.74, 6) is 7.30. The van der Waals surface area contributed by atoms with E-state index in [0.717, 1.165) is 15.9 Å². The van der Waals surface area contributed by atoms with Crippen LogP contribution in [-0.4, -0.2) is 21.5 Å². The molecule has 0 spiro atoms. The van der Waals surface area contributed by atoms with Crippen LogP contribution in [0.3, 0.4) is 0 Å². The molecule has 0 amide bonds. The molecule has 0 aliphatic rings. The topological polar surface area (TPSA) is 89.5 Å². The summed E-state index contributed by atoms with van der Waals surface area (Å²) in [6, 6.07) is 5.67. The maximum Gasteiger partial charge on any atom is 0.180 e. The molecule has 7 nitrogen and oxygen atoms in total. The number of benzene rings is 1. The Morgan fingerprint density at radius 1 is 1.33 bits per heavy atom. The van der Waals surface area contributed by atoms with Crippen LogP contribution in [0.2, 0.25) is 0 Å². The first kappa shape index (κ1) is 13.7. The summed E-state index contributed by atoms with van der Waals surface area (Å²) < 4.78 is 7.98. The zero-order valence-corrected chi connectivity index (χ0v) is 12.8. The van der Waals surface area contributed by atoms with Gasteiger partial charge < -0.3 is 19.9 Å². The number of aromatic nitrogens is 3. The van der Waals surface area contributed by atoms with E-state index >= 15 is 0 Å². The zero-order chi connectivity index (χ0) is 14.8. The Bertz CT molecular complexity index is 787. The third-order valence-electron chi connectivity index (χ3n) is 2.89. The second kappa shape index (κ2) is 5.58. The highest BCUT2D eigenvalue weighted by atomic mass is 79.9. The van der Waals surface area contributed by atoms with E-state index < -0.39 is 0 Å². The maximum atomic E-state index is 5.44. The van der Waals surface area contributed by atoms with Gasteiger partial charge in [0.1, 0.15) is 5.75 Å². The van der Waals surface area contributed by atoms with Crippen LogP contribution >= 0.6 is 15.9 Å². The van der Waals surface area contributed by atoms with Crippen molar-refractivity contribution < 1.29 is 4.74 Å². The molecular weight excluding hydrogens is 336 g/mol. The van der Waals surface area contributed by atoms with Crippen molar-refractivity contribution in [2.45, 2.75) is 0 Å². The summed E-state index contributed by atoms with van der Waals surface area (Å²) in [6.07, 6.45) is 5.28. The standard InChI is InChI=1S/C13H13BrN6O/c1-21-10-5-8(14)4-9(6-10)17-12-13-16-2-3-20(13)7-11(18-12)19-15/h2-7,19H,15H2,1H3,(H,17,18). The van der Waals surface area contributed by atoms with Gasteiger partial charge in [0.2, 0.25) is 0 Å². The number of methoxy groups -OCH3 is 1. The molecule has 0 aliphatic heterocycles. The molecule has 0 bridgehead atoms. The molecule has 0 unspecified atom stereocenters. The number of hydrogen-bond donors (Lipinski definition) is 3. The number of nitrogen functional groups attached to an aromatic ring is 1. The minimum absolute atomic E-state index is 0.532. The highest BCUT2D eigenvalue weighted by Crippen LogP contribution is 2.28. The van der Waals surface area contributed by atoms with Gasteiger partial charge >= 0.3 is 0 Å². The third-order valence-corrected chi connectivity index (χ3v) is 3.35. The molecule has 3 aromatic rings. The Balaban J connectivity index is 2.04. The van der Waals surface area contributed by atoms with Gasteiger partial charge in [0.25, 0.3) is 0 Å². The molecule has 2 heterocycles. The maximum absolute atomic E-state index is 5.44. The molecule has 8 heteroatoms. The van der Waals surface area contributed by atoms with Crippen LogP contribution < -0.4 is 21.3 Å². The number of fused-ring (bicyclic) bond motifs is 1. The highest BCUT2D eigenvalue weighted by molar-refractivity contribution is 9.10. The first-order chi connectivity index (χ1) is 10.2. The van der Waals surface area contributed by atoms with Gasteiger partial charge in [-0.05, 0) is 12.1 Å². The van der Waals surface area contributed by atoms with Crippen molar-refractivity contribution in [1.29, 1.82) is 0 Å². The van der Waals surface area contributed by atoms with Crippen molar-refractivity contribution in [1.82, 2.24) is 14.4 Å². The van der Waals surface area contributed by atoms with Crippen molar-refractivity contribution in [3.05, 3.63) is 41.3 Å². The fraction of sp³-hybridized carbons (Fsp3) is 0.0769. The third kappa shape index (κ3) is 2.76. The van der Waals surface area contributed by atoms with E-state index in [1.807, 2.05) is 28.8 Å². The Hall–Kier alpha value is -2.32. The second-order valence-electron chi connectivity index (χ2n) is 4.28. The molecule has 0 saturated carbocycles. The van der Waals surface area contributed by atoms with Gasteiger partial charge in [0.05, 0.1) is 13.3 Å². The van der Waals surface area contributed by atoms with E-state index in [-0.39, 0.29) is 0 Å². The first-order valence-corrected chi connectivity index (χ1v) is 6.91. The molecule has 108 valence electrons. The molecule has 21 heavy (non-hydrogen) atoms. The summed E-state index contributed by atoms with van der Waals surface area (Å²) in [4.78, 5) is 8.67. The van der Waals surface area contributed by atoms with E-state index in [0.29, 0.717) is 17.3 Å². The normalized spacial score (nSPS) is 10.6. The molecule has 4 N–H and O–H groups in total. The Kier molecular flexibility index (Phi) is 3.63. The zero-order valence-electron chi connectivity index (χ0n) is 11.2. The van der Waals surface area contributed by atoms with Gasteiger partial charge in [-0.15, -0.1) is 0 Å². The Morgan fingerprint density at radius 2 is 2.19 bits per heavy atom. The lowest BCUT2D eigenvalue weighted by Gasteiger charge is -2.11. The number of nitrogens with two attached hydrogens (primary N) is 1. The molecule has 0 aliphatic carbocycles. The predicted octanol–water partition coefficient (Wildman–Crippen LogP) is 2.53. The van der Waals surface area contributed by atoms with Crippen molar-refractivity contribution in [3.63, 3.8) is 0 Å². The van der Waals surface area contributed by atoms with Gasteiger partial charge in [-0.1, -0.05) is 15.9 Å². The molecule has 0 radical (unpaired) electrons. The number of anilines is 3. The highest BCUT2D eigenvalue weighted by Gasteiger charge is 2.08. The quantitative estimate of drug-likeness (QED) is 0.495. The fourth-order valence-electron chi connectivity index (χ4n) is 1.97. The van der Waals surface area contributed by atoms with Crippen molar-refractivity contribution in [3.8, 4) is 5.75 Å². The van der Waals surface area contributed by atoms with Crippen LogP contribution in [0.25, 0.3) is 5.65 Å². The Morgan fingerprint density at radius 3 is 2.95 bits per heavy atom. The largest absolute Gasteiger partial charge is 0.497 e. The minimum Gasteiger partial charge on any atom is -0.497 e. The molecule has 0 saturated heterocycles. The molecular formula is C13H13BrN6O. The van der Waals surface area contributed by atoms with Gasteiger partial charge in [0.15, 0.2) is 17.3 Å². The summed E-state index contributed by atoms with van der Waals surface area (Å²) in [5, 5.41) is 3.22. The van der Waals surface area contributed by atoms with Gasteiger partial charge in [-0.25, -0.2) is 15.8 Å². The molecule has 0 fully saturated rings. The summed E-state index contributed by atoms with van der Waals surface area (Å²) in [5.41, 5.74) is 4.06.